The lowest BCUT2D eigenvalue weighted by Crippen LogP contribution is -2.44. The highest BCUT2D eigenvalue weighted by atomic mass is 32.2. The van der Waals surface area contributed by atoms with Crippen LogP contribution in [0.5, 0.6) is 0 Å². The molecule has 1 aromatic rings. The van der Waals surface area contributed by atoms with Crippen LogP contribution < -0.4 is 10.5 Å². The minimum atomic E-state index is -4.33. The molecule has 2 atom stereocenters. The number of nitro groups is 1. The fourth-order valence-electron chi connectivity index (χ4n) is 2.81. The molecule has 1 aliphatic carbocycles. The van der Waals surface area contributed by atoms with Crippen molar-refractivity contribution in [3.8, 4) is 0 Å². The number of nitrogens with one attached hydrogen (secondary N) is 1. The normalized spacial score (nSPS) is 22.5. The van der Waals surface area contributed by atoms with Gasteiger partial charge in [0.25, 0.3) is 15.7 Å². The van der Waals surface area contributed by atoms with Crippen LogP contribution >= 0.6 is 0 Å². The molecule has 9 heteroatoms. The fourth-order valence-corrected chi connectivity index (χ4v) is 4.38. The number of benzene rings is 1. The van der Waals surface area contributed by atoms with Crippen LogP contribution in [0, 0.1) is 21.8 Å². The van der Waals surface area contributed by atoms with Crippen molar-refractivity contribution in [2.75, 3.05) is 6.54 Å². The van der Waals surface area contributed by atoms with E-state index in [4.69, 9.17) is 5.73 Å². The first-order chi connectivity index (χ1) is 10.4. The van der Waals surface area contributed by atoms with Crippen molar-refractivity contribution in [1.29, 1.82) is 0 Å². The molecule has 0 saturated heterocycles. The Morgan fingerprint density at radius 3 is 2.68 bits per heavy atom. The molecule has 1 fully saturated rings. The molecule has 0 aromatic heterocycles. The van der Waals surface area contributed by atoms with Gasteiger partial charge in [-0.15, -0.1) is 0 Å². The average Bonchev–Trinajstić information content (AvgIpc) is 2.46. The summed E-state index contributed by atoms with van der Waals surface area (Å²) in [6.45, 7) is 0.312. The zero-order valence-corrected chi connectivity index (χ0v) is 12.7. The third-order valence-electron chi connectivity index (χ3n) is 3.93. The van der Waals surface area contributed by atoms with Crippen molar-refractivity contribution < 1.29 is 17.7 Å². The molecule has 22 heavy (non-hydrogen) atoms. The summed E-state index contributed by atoms with van der Waals surface area (Å²) in [6, 6.07) is 2.54. The van der Waals surface area contributed by atoms with E-state index in [0.29, 0.717) is 13.0 Å². The molecular formula is C13H18FN3O4S. The van der Waals surface area contributed by atoms with E-state index < -0.39 is 37.4 Å². The fraction of sp³-hybridized carbons (Fsp3) is 0.538. The minimum Gasteiger partial charge on any atom is -0.330 e. The molecule has 0 radical (unpaired) electrons. The Hall–Kier alpha value is -1.58. The van der Waals surface area contributed by atoms with Gasteiger partial charge in [0.15, 0.2) is 4.90 Å². The van der Waals surface area contributed by atoms with Gasteiger partial charge in [-0.3, -0.25) is 10.1 Å². The van der Waals surface area contributed by atoms with Gasteiger partial charge >= 0.3 is 0 Å². The molecule has 2 rings (SSSR count). The summed E-state index contributed by atoms with van der Waals surface area (Å²) in [5.74, 6) is -1.18. The molecule has 0 aliphatic heterocycles. The van der Waals surface area contributed by atoms with Crippen molar-refractivity contribution in [2.45, 2.75) is 36.6 Å². The molecule has 1 saturated carbocycles. The maximum absolute atomic E-state index is 13.9. The summed E-state index contributed by atoms with van der Waals surface area (Å²) in [5.41, 5.74) is 4.87. The molecule has 1 aliphatic rings. The van der Waals surface area contributed by atoms with Crippen LogP contribution in [-0.2, 0) is 10.0 Å². The first-order valence-electron chi connectivity index (χ1n) is 7.02. The number of hydrogen-bond donors (Lipinski definition) is 2. The second kappa shape index (κ2) is 6.67. The maximum atomic E-state index is 13.9. The van der Waals surface area contributed by atoms with Gasteiger partial charge < -0.3 is 5.73 Å². The van der Waals surface area contributed by atoms with E-state index in [9.17, 15) is 22.9 Å². The molecule has 0 heterocycles. The van der Waals surface area contributed by atoms with E-state index in [0.717, 1.165) is 37.5 Å². The zero-order chi connectivity index (χ0) is 16.3. The van der Waals surface area contributed by atoms with E-state index >= 15 is 0 Å². The number of halogens is 1. The Bertz CT molecular complexity index is 665. The van der Waals surface area contributed by atoms with Crippen LogP contribution in [0.2, 0.25) is 0 Å². The van der Waals surface area contributed by atoms with Gasteiger partial charge in [0.2, 0.25) is 0 Å². The molecular weight excluding hydrogens is 313 g/mol. The SMILES string of the molecule is NCC1CCCCC1NS(=O)(=O)c1c(F)cccc1[N+](=O)[O-]. The Morgan fingerprint density at radius 2 is 2.05 bits per heavy atom. The zero-order valence-electron chi connectivity index (χ0n) is 11.9. The van der Waals surface area contributed by atoms with Crippen molar-refractivity contribution in [3.05, 3.63) is 34.1 Å². The van der Waals surface area contributed by atoms with Crippen molar-refractivity contribution in [3.63, 3.8) is 0 Å². The molecule has 0 bridgehead atoms. The van der Waals surface area contributed by atoms with Gasteiger partial charge in [0.05, 0.1) is 4.92 Å². The summed E-state index contributed by atoms with van der Waals surface area (Å²) < 4.78 is 41.1. The Labute approximate surface area is 127 Å². The van der Waals surface area contributed by atoms with Gasteiger partial charge in [-0.25, -0.2) is 17.5 Å². The van der Waals surface area contributed by atoms with Crippen LogP contribution in [0.4, 0.5) is 10.1 Å². The van der Waals surface area contributed by atoms with E-state index in [1.165, 1.54) is 0 Å². The Morgan fingerprint density at radius 1 is 1.36 bits per heavy atom. The first kappa shape index (κ1) is 16.8. The lowest BCUT2D eigenvalue weighted by molar-refractivity contribution is -0.388. The van der Waals surface area contributed by atoms with Gasteiger partial charge in [-0.1, -0.05) is 18.9 Å². The quantitative estimate of drug-likeness (QED) is 0.627. The molecule has 1 aromatic carbocycles. The Kier molecular flexibility index (Phi) is 5.09. The van der Waals surface area contributed by atoms with E-state index in [2.05, 4.69) is 4.72 Å². The standard InChI is InChI=1S/C13H18FN3O4S/c14-10-5-3-7-12(17(18)19)13(10)22(20,21)16-11-6-2-1-4-9(11)8-15/h3,5,7,9,11,16H,1-2,4,6,8,15H2. The maximum Gasteiger partial charge on any atom is 0.292 e. The number of sulfonamides is 1. The van der Waals surface area contributed by atoms with Crippen LogP contribution in [0.15, 0.2) is 23.1 Å². The monoisotopic (exact) mass is 331 g/mol. The lowest BCUT2D eigenvalue weighted by Gasteiger charge is -2.30. The van der Waals surface area contributed by atoms with Crippen LogP contribution in [0.3, 0.4) is 0 Å². The third kappa shape index (κ3) is 3.42. The highest BCUT2D eigenvalue weighted by Crippen LogP contribution is 2.29. The molecule has 7 nitrogen and oxygen atoms in total. The van der Waals surface area contributed by atoms with Crippen molar-refractivity contribution >= 4 is 15.7 Å². The molecule has 2 unspecified atom stereocenters. The van der Waals surface area contributed by atoms with E-state index in [1.807, 2.05) is 0 Å². The highest BCUT2D eigenvalue weighted by molar-refractivity contribution is 7.89. The summed E-state index contributed by atoms with van der Waals surface area (Å²) in [5, 5.41) is 11.0. The minimum absolute atomic E-state index is 0.0469. The van der Waals surface area contributed by atoms with Crippen molar-refractivity contribution in [2.24, 2.45) is 11.7 Å². The summed E-state index contributed by atoms with van der Waals surface area (Å²) >= 11 is 0. The number of nitrogens with zero attached hydrogens (tertiary/aromatic N) is 1. The van der Waals surface area contributed by atoms with Crippen LogP contribution in [-0.4, -0.2) is 25.9 Å². The second-order valence-electron chi connectivity index (χ2n) is 5.35. The van der Waals surface area contributed by atoms with Gasteiger partial charge in [0, 0.05) is 12.1 Å². The largest absolute Gasteiger partial charge is 0.330 e. The van der Waals surface area contributed by atoms with Gasteiger partial charge in [0.1, 0.15) is 5.82 Å². The number of nitro benzene ring substituents is 1. The average molecular weight is 331 g/mol. The Balaban J connectivity index is 2.37. The molecule has 3 N–H and O–H groups in total. The van der Waals surface area contributed by atoms with Crippen LogP contribution in [0.1, 0.15) is 25.7 Å². The summed E-state index contributed by atoms with van der Waals surface area (Å²) in [7, 11) is -4.33. The van der Waals surface area contributed by atoms with Gasteiger partial charge in [-0.05, 0) is 31.4 Å². The van der Waals surface area contributed by atoms with Crippen molar-refractivity contribution in [1.82, 2.24) is 4.72 Å². The van der Waals surface area contributed by atoms with Gasteiger partial charge in [-0.2, -0.15) is 0 Å². The highest BCUT2D eigenvalue weighted by Gasteiger charge is 2.34. The van der Waals surface area contributed by atoms with E-state index in [-0.39, 0.29) is 5.92 Å². The van der Waals surface area contributed by atoms with Crippen LogP contribution in [0.25, 0.3) is 0 Å². The lowest BCUT2D eigenvalue weighted by atomic mass is 9.85. The predicted molar refractivity (Wildman–Crippen MR) is 78.2 cm³/mol. The first-order valence-corrected chi connectivity index (χ1v) is 8.50. The number of nitrogens with two attached hydrogens (primary N) is 1. The topological polar surface area (TPSA) is 115 Å². The summed E-state index contributed by atoms with van der Waals surface area (Å²) in [6.07, 6.45) is 3.16. The third-order valence-corrected chi connectivity index (χ3v) is 5.48. The molecule has 0 amide bonds. The predicted octanol–water partition coefficient (Wildman–Crippen LogP) is 1.53. The second-order valence-corrected chi connectivity index (χ2v) is 7.00. The van der Waals surface area contributed by atoms with E-state index in [1.54, 1.807) is 0 Å². The molecule has 122 valence electrons. The number of rotatable bonds is 5. The number of hydrogen-bond acceptors (Lipinski definition) is 5. The molecule has 0 spiro atoms. The smallest absolute Gasteiger partial charge is 0.292 e. The summed E-state index contributed by atoms with van der Waals surface area (Å²) in [4.78, 5) is 9.14.